The minimum Gasteiger partial charge on any atom is -0.461 e. The van der Waals surface area contributed by atoms with Gasteiger partial charge in [0.1, 0.15) is 6.61 Å². The van der Waals surface area contributed by atoms with Gasteiger partial charge in [0, 0.05) is 17.4 Å². The van der Waals surface area contributed by atoms with Crippen LogP contribution in [0.1, 0.15) is 77.0 Å². The van der Waals surface area contributed by atoms with Crippen molar-refractivity contribution >= 4 is 21.9 Å². The Kier molecular flexibility index (Phi) is 17.2. The molecule has 0 saturated heterocycles. The monoisotopic (exact) mass is 403 g/mol. The molecule has 0 aliphatic rings. The fourth-order valence-corrected chi connectivity index (χ4v) is 2.95. The van der Waals surface area contributed by atoms with E-state index < -0.39 is 0 Å². The predicted molar refractivity (Wildman–Crippen MR) is 108 cm³/mol. The third-order valence-corrected chi connectivity index (χ3v) is 4.73. The molecule has 0 unspecified atom stereocenters. The lowest BCUT2D eigenvalue weighted by atomic mass is 10.0. The van der Waals surface area contributed by atoms with Crippen LogP contribution in [0.4, 0.5) is 0 Å². The van der Waals surface area contributed by atoms with Crippen molar-refractivity contribution in [3.63, 3.8) is 0 Å². The van der Waals surface area contributed by atoms with Gasteiger partial charge in [0.15, 0.2) is 0 Å². The summed E-state index contributed by atoms with van der Waals surface area (Å²) in [6.07, 6.45) is 15.2. The van der Waals surface area contributed by atoms with Crippen molar-refractivity contribution in [2.24, 2.45) is 0 Å². The van der Waals surface area contributed by atoms with Crippen LogP contribution >= 0.6 is 15.9 Å². The molecule has 0 atom stereocenters. The number of halogens is 1. The van der Waals surface area contributed by atoms with Crippen LogP contribution in [0.5, 0.6) is 0 Å². The van der Waals surface area contributed by atoms with Gasteiger partial charge in [-0.3, -0.25) is 0 Å². The van der Waals surface area contributed by atoms with Crippen LogP contribution in [-0.4, -0.2) is 43.4 Å². The molecule has 0 fully saturated rings. The molecule has 0 aromatic rings. The van der Waals surface area contributed by atoms with Gasteiger partial charge in [-0.15, -0.1) is 0 Å². The van der Waals surface area contributed by atoms with Gasteiger partial charge >= 0.3 is 5.97 Å². The van der Waals surface area contributed by atoms with Crippen LogP contribution in [0.2, 0.25) is 0 Å². The Balaban J connectivity index is 3.31. The van der Waals surface area contributed by atoms with E-state index in [1.807, 2.05) is 19.0 Å². The topological polar surface area (TPSA) is 29.5 Å². The highest BCUT2D eigenvalue weighted by Gasteiger charge is 2.08. The van der Waals surface area contributed by atoms with Gasteiger partial charge in [-0.1, -0.05) is 80.3 Å². The van der Waals surface area contributed by atoms with E-state index in [9.17, 15) is 4.79 Å². The van der Waals surface area contributed by atoms with Gasteiger partial charge in [0.25, 0.3) is 0 Å². The molecule has 0 aromatic heterocycles. The van der Waals surface area contributed by atoms with Gasteiger partial charge in [-0.25, -0.2) is 4.79 Å². The first-order valence-corrected chi connectivity index (χ1v) is 10.8. The predicted octanol–water partition coefficient (Wildman–Crippen LogP) is 5.72. The number of unbranched alkanes of at least 4 members (excludes halogenated alkanes) is 10. The van der Waals surface area contributed by atoms with Crippen molar-refractivity contribution in [2.75, 3.05) is 32.6 Å². The lowest BCUT2D eigenvalue weighted by Gasteiger charge is -2.11. The smallest absolute Gasteiger partial charge is 0.333 e. The summed E-state index contributed by atoms with van der Waals surface area (Å²) in [4.78, 5) is 13.7. The number of hydrogen-bond acceptors (Lipinski definition) is 3. The first kappa shape index (κ1) is 23.6. The summed E-state index contributed by atoms with van der Waals surface area (Å²) >= 11 is 3.47. The number of carbonyl (C=O) groups is 1. The van der Waals surface area contributed by atoms with Gasteiger partial charge in [0.2, 0.25) is 0 Å². The average Bonchev–Trinajstić information content (AvgIpc) is 2.55. The Morgan fingerprint density at radius 2 is 1.33 bits per heavy atom. The summed E-state index contributed by atoms with van der Waals surface area (Å²) in [6, 6.07) is 0. The molecule has 0 spiro atoms. The van der Waals surface area contributed by atoms with Crippen molar-refractivity contribution in [2.45, 2.75) is 77.0 Å². The lowest BCUT2D eigenvalue weighted by Crippen LogP contribution is -2.20. The van der Waals surface area contributed by atoms with Crippen molar-refractivity contribution in [1.29, 1.82) is 0 Å². The van der Waals surface area contributed by atoms with Crippen LogP contribution in [0.25, 0.3) is 0 Å². The second-order valence-corrected chi connectivity index (χ2v) is 7.66. The number of likely N-dealkylation sites (N-methyl/N-ethyl adjacent to an activating group) is 1. The van der Waals surface area contributed by atoms with E-state index in [0.717, 1.165) is 24.7 Å². The molecule has 0 saturated carbocycles. The largest absolute Gasteiger partial charge is 0.461 e. The highest BCUT2D eigenvalue weighted by Crippen LogP contribution is 2.14. The second kappa shape index (κ2) is 17.5. The van der Waals surface area contributed by atoms with Gasteiger partial charge < -0.3 is 9.64 Å². The molecular formula is C20H38BrNO2. The molecule has 0 heterocycles. The Hall–Kier alpha value is -0.350. The van der Waals surface area contributed by atoms with E-state index in [1.165, 1.54) is 64.2 Å². The van der Waals surface area contributed by atoms with Crippen LogP contribution < -0.4 is 0 Å². The Labute approximate surface area is 158 Å². The SMILES string of the molecule is C=C(CCCCCCCCCCCCCBr)C(=O)OCCN(C)C. The maximum Gasteiger partial charge on any atom is 0.333 e. The molecule has 0 aromatic carbocycles. The number of ether oxygens (including phenoxy) is 1. The fraction of sp³-hybridized carbons (Fsp3) is 0.850. The molecule has 0 amide bonds. The number of carbonyl (C=O) groups excluding carboxylic acids is 1. The molecule has 0 bridgehead atoms. The summed E-state index contributed by atoms with van der Waals surface area (Å²) < 4.78 is 5.19. The van der Waals surface area contributed by atoms with Gasteiger partial charge in [-0.2, -0.15) is 0 Å². The Morgan fingerprint density at radius 1 is 0.875 bits per heavy atom. The molecular weight excluding hydrogens is 366 g/mol. The van der Waals surface area contributed by atoms with Crippen LogP contribution in [0, 0.1) is 0 Å². The number of nitrogens with zero attached hydrogens (tertiary/aromatic N) is 1. The maximum absolute atomic E-state index is 11.7. The summed E-state index contributed by atoms with van der Waals surface area (Å²) in [5.41, 5.74) is 0.622. The fourth-order valence-electron chi connectivity index (χ4n) is 2.55. The second-order valence-electron chi connectivity index (χ2n) is 6.87. The first-order chi connectivity index (χ1) is 11.6. The molecule has 0 aliphatic carbocycles. The highest BCUT2D eigenvalue weighted by molar-refractivity contribution is 9.09. The maximum atomic E-state index is 11.7. The quantitative estimate of drug-likeness (QED) is 0.134. The summed E-state index contributed by atoms with van der Waals surface area (Å²) in [6.45, 7) is 5.06. The standard InChI is InChI=1S/C20H38BrNO2/c1-19(20(23)24-18-17-22(2)3)15-13-11-9-7-5-4-6-8-10-12-14-16-21/h1,4-18H2,2-3H3. The van der Waals surface area contributed by atoms with Gasteiger partial charge in [-0.05, 0) is 33.4 Å². The molecule has 142 valence electrons. The number of alkyl halides is 1. The van der Waals surface area contributed by atoms with E-state index in [2.05, 4.69) is 22.5 Å². The zero-order valence-electron chi connectivity index (χ0n) is 16.0. The Morgan fingerprint density at radius 3 is 1.79 bits per heavy atom. The zero-order chi connectivity index (χ0) is 18.0. The molecule has 0 radical (unpaired) electrons. The summed E-state index contributed by atoms with van der Waals surface area (Å²) in [5.74, 6) is -0.225. The van der Waals surface area contributed by atoms with Crippen molar-refractivity contribution in [3.8, 4) is 0 Å². The minimum atomic E-state index is -0.225. The molecule has 0 rings (SSSR count). The van der Waals surface area contributed by atoms with Crippen LogP contribution in [0.15, 0.2) is 12.2 Å². The van der Waals surface area contributed by atoms with E-state index in [0.29, 0.717) is 12.2 Å². The molecule has 3 nitrogen and oxygen atoms in total. The summed E-state index contributed by atoms with van der Waals surface area (Å²) in [7, 11) is 3.93. The van der Waals surface area contributed by atoms with Crippen LogP contribution in [-0.2, 0) is 9.53 Å². The molecule has 4 heteroatoms. The van der Waals surface area contributed by atoms with E-state index in [1.54, 1.807) is 0 Å². The van der Waals surface area contributed by atoms with E-state index in [-0.39, 0.29) is 5.97 Å². The third kappa shape index (κ3) is 16.5. The average molecular weight is 404 g/mol. The Bertz CT molecular complexity index is 319. The minimum absolute atomic E-state index is 0.225. The van der Waals surface area contributed by atoms with E-state index >= 15 is 0 Å². The van der Waals surface area contributed by atoms with Crippen molar-refractivity contribution < 1.29 is 9.53 Å². The molecule has 0 N–H and O–H groups in total. The number of rotatable bonds is 17. The van der Waals surface area contributed by atoms with Gasteiger partial charge in [0.05, 0.1) is 0 Å². The number of hydrogen-bond donors (Lipinski definition) is 0. The highest BCUT2D eigenvalue weighted by atomic mass is 79.9. The van der Waals surface area contributed by atoms with Crippen molar-refractivity contribution in [3.05, 3.63) is 12.2 Å². The normalized spacial score (nSPS) is 11.0. The van der Waals surface area contributed by atoms with Crippen LogP contribution in [0.3, 0.4) is 0 Å². The molecule has 24 heavy (non-hydrogen) atoms. The third-order valence-electron chi connectivity index (χ3n) is 4.17. The molecule has 0 aliphatic heterocycles. The lowest BCUT2D eigenvalue weighted by molar-refractivity contribution is -0.139. The summed E-state index contributed by atoms with van der Waals surface area (Å²) in [5, 5.41) is 1.15. The van der Waals surface area contributed by atoms with Crippen molar-refractivity contribution in [1.82, 2.24) is 4.90 Å². The first-order valence-electron chi connectivity index (χ1n) is 9.63. The number of esters is 1. The zero-order valence-corrected chi connectivity index (χ0v) is 17.5. The van der Waals surface area contributed by atoms with E-state index in [4.69, 9.17) is 4.74 Å².